The van der Waals surface area contributed by atoms with E-state index in [1.54, 1.807) is 14.0 Å². The van der Waals surface area contributed by atoms with Crippen LogP contribution < -0.4 is 10.6 Å². The van der Waals surface area contributed by atoms with Gasteiger partial charge in [0.1, 0.15) is 0 Å². The number of guanidine groups is 1. The molecule has 2 heterocycles. The molecule has 1 aromatic carbocycles. The first kappa shape index (κ1) is 17.4. The lowest BCUT2D eigenvalue weighted by Crippen LogP contribution is -2.50. The van der Waals surface area contributed by atoms with E-state index < -0.39 is 0 Å². The number of hydrogen-bond donors (Lipinski definition) is 2. The molecule has 7 nitrogen and oxygen atoms in total. The van der Waals surface area contributed by atoms with Gasteiger partial charge in [0.25, 0.3) is 0 Å². The molecular weight excluding hydrogens is 316 g/mol. The van der Waals surface area contributed by atoms with Crippen LogP contribution in [0.4, 0.5) is 0 Å². The second-order valence-corrected chi connectivity index (χ2v) is 6.36. The minimum atomic E-state index is 0.385. The number of hydrogen-bond acceptors (Lipinski definition) is 5. The average molecular weight is 342 g/mol. The first-order chi connectivity index (χ1) is 12.2. The molecule has 1 aliphatic heterocycles. The maximum Gasteiger partial charge on any atom is 0.223 e. The highest BCUT2D eigenvalue weighted by Crippen LogP contribution is 2.13. The second kappa shape index (κ2) is 8.62. The van der Waals surface area contributed by atoms with Crippen molar-refractivity contribution in [1.82, 2.24) is 25.7 Å². The molecule has 2 N–H and O–H groups in total. The number of aryl methyl sites for hydroxylation is 1. The molecule has 0 amide bonds. The molecule has 0 aliphatic carbocycles. The molecule has 1 unspecified atom stereocenters. The van der Waals surface area contributed by atoms with Gasteiger partial charge in [-0.2, -0.15) is 4.98 Å². The van der Waals surface area contributed by atoms with E-state index in [0.29, 0.717) is 24.3 Å². The lowest BCUT2D eigenvalue weighted by molar-refractivity contribution is 0.192. The third-order valence-electron chi connectivity index (χ3n) is 4.30. The van der Waals surface area contributed by atoms with Gasteiger partial charge in [0.15, 0.2) is 11.8 Å². The Labute approximate surface area is 148 Å². The predicted molar refractivity (Wildman–Crippen MR) is 97.1 cm³/mol. The van der Waals surface area contributed by atoms with Gasteiger partial charge in [-0.1, -0.05) is 35.5 Å². The fraction of sp³-hybridized carbons (Fsp3) is 0.500. The van der Waals surface area contributed by atoms with Crippen LogP contribution in [0.1, 0.15) is 30.1 Å². The van der Waals surface area contributed by atoms with Crippen LogP contribution in [0.5, 0.6) is 0 Å². The Balaban J connectivity index is 1.48. The molecule has 0 bridgehead atoms. The Morgan fingerprint density at radius 2 is 2.20 bits per heavy atom. The van der Waals surface area contributed by atoms with E-state index >= 15 is 0 Å². The quantitative estimate of drug-likeness (QED) is 0.636. The summed E-state index contributed by atoms with van der Waals surface area (Å²) in [4.78, 5) is 11.0. The Morgan fingerprint density at radius 1 is 1.36 bits per heavy atom. The number of nitrogens with one attached hydrogen (secondary N) is 2. The number of piperidine rings is 1. The van der Waals surface area contributed by atoms with Crippen molar-refractivity contribution >= 4 is 5.96 Å². The Bertz CT molecular complexity index is 684. The molecule has 1 aromatic heterocycles. The normalized spacial score (nSPS) is 19.0. The van der Waals surface area contributed by atoms with Crippen molar-refractivity contribution in [2.45, 2.75) is 38.9 Å². The van der Waals surface area contributed by atoms with E-state index in [2.05, 4.69) is 61.0 Å². The molecule has 1 saturated heterocycles. The number of nitrogens with zero attached hydrogens (tertiary/aromatic N) is 4. The molecule has 1 atom stereocenters. The topological polar surface area (TPSA) is 78.6 Å². The zero-order chi connectivity index (χ0) is 17.5. The maximum atomic E-state index is 4.98. The summed E-state index contributed by atoms with van der Waals surface area (Å²) in [6, 6.07) is 11.0. The Hall–Kier alpha value is -2.41. The molecule has 25 heavy (non-hydrogen) atoms. The van der Waals surface area contributed by atoms with Crippen molar-refractivity contribution in [1.29, 1.82) is 0 Å². The van der Waals surface area contributed by atoms with Crippen molar-refractivity contribution in [2.24, 2.45) is 4.99 Å². The summed E-state index contributed by atoms with van der Waals surface area (Å²) < 4.78 is 4.98. The van der Waals surface area contributed by atoms with Crippen LogP contribution in [0, 0.1) is 6.92 Å². The first-order valence-corrected chi connectivity index (χ1v) is 8.75. The van der Waals surface area contributed by atoms with Gasteiger partial charge in [0.05, 0.1) is 6.54 Å². The Morgan fingerprint density at radius 3 is 2.92 bits per heavy atom. The fourth-order valence-electron chi connectivity index (χ4n) is 3.12. The molecule has 3 rings (SSSR count). The number of likely N-dealkylation sites (tertiary alicyclic amines) is 1. The summed E-state index contributed by atoms with van der Waals surface area (Å²) in [5.41, 5.74) is 1.36. The molecule has 2 aromatic rings. The van der Waals surface area contributed by atoms with E-state index in [-0.39, 0.29) is 0 Å². The van der Waals surface area contributed by atoms with Crippen LogP contribution in [0.15, 0.2) is 39.8 Å². The largest absolute Gasteiger partial charge is 0.352 e. The third kappa shape index (κ3) is 5.29. The van der Waals surface area contributed by atoms with Crippen molar-refractivity contribution in [3.63, 3.8) is 0 Å². The molecule has 1 aliphatic rings. The number of benzene rings is 1. The van der Waals surface area contributed by atoms with Crippen LogP contribution in [-0.2, 0) is 13.1 Å². The smallest absolute Gasteiger partial charge is 0.223 e. The standard InChI is InChI=1S/C18H26N6O/c1-14-21-17(23-25-14)11-20-18(19-2)22-16-9-6-10-24(13-16)12-15-7-4-3-5-8-15/h3-5,7-8,16H,6,9-13H2,1-2H3,(H2,19,20,22). The summed E-state index contributed by atoms with van der Waals surface area (Å²) in [6.45, 7) is 5.43. The summed E-state index contributed by atoms with van der Waals surface area (Å²) in [6.07, 6.45) is 2.33. The highest BCUT2D eigenvalue weighted by molar-refractivity contribution is 5.79. The lowest BCUT2D eigenvalue weighted by Gasteiger charge is -2.33. The van der Waals surface area contributed by atoms with Crippen LogP contribution in [0.25, 0.3) is 0 Å². The van der Waals surface area contributed by atoms with E-state index in [0.717, 1.165) is 32.0 Å². The van der Waals surface area contributed by atoms with Crippen molar-refractivity contribution < 1.29 is 4.52 Å². The summed E-state index contributed by atoms with van der Waals surface area (Å²) in [5, 5.41) is 10.6. The molecule has 0 spiro atoms. The van der Waals surface area contributed by atoms with Gasteiger partial charge in [-0.25, -0.2) is 0 Å². The second-order valence-electron chi connectivity index (χ2n) is 6.36. The minimum absolute atomic E-state index is 0.385. The molecule has 1 fully saturated rings. The van der Waals surface area contributed by atoms with Gasteiger partial charge in [0, 0.05) is 33.1 Å². The van der Waals surface area contributed by atoms with Crippen molar-refractivity contribution in [3.05, 3.63) is 47.6 Å². The lowest BCUT2D eigenvalue weighted by atomic mass is 10.0. The molecule has 0 radical (unpaired) electrons. The van der Waals surface area contributed by atoms with Gasteiger partial charge in [0.2, 0.25) is 5.89 Å². The van der Waals surface area contributed by atoms with Crippen LogP contribution in [0.2, 0.25) is 0 Å². The predicted octanol–water partition coefficient (Wildman–Crippen LogP) is 1.71. The average Bonchev–Trinajstić information content (AvgIpc) is 3.05. The fourth-order valence-corrected chi connectivity index (χ4v) is 3.12. The zero-order valence-electron chi connectivity index (χ0n) is 14.9. The summed E-state index contributed by atoms with van der Waals surface area (Å²) in [5.74, 6) is 1.98. The summed E-state index contributed by atoms with van der Waals surface area (Å²) >= 11 is 0. The van der Waals surface area contributed by atoms with Crippen LogP contribution in [0.3, 0.4) is 0 Å². The molecular formula is C18H26N6O. The molecule has 7 heteroatoms. The van der Waals surface area contributed by atoms with Gasteiger partial charge < -0.3 is 15.2 Å². The molecule has 134 valence electrons. The highest BCUT2D eigenvalue weighted by Gasteiger charge is 2.20. The van der Waals surface area contributed by atoms with Gasteiger partial charge >= 0.3 is 0 Å². The SMILES string of the molecule is CN=C(NCc1noc(C)n1)NC1CCCN(Cc2ccccc2)C1. The summed E-state index contributed by atoms with van der Waals surface area (Å²) in [7, 11) is 1.78. The van der Waals surface area contributed by atoms with E-state index in [1.807, 2.05) is 0 Å². The van der Waals surface area contributed by atoms with Crippen molar-refractivity contribution in [2.75, 3.05) is 20.1 Å². The maximum absolute atomic E-state index is 4.98. The number of aromatic nitrogens is 2. The Kier molecular flexibility index (Phi) is 6.00. The van der Waals surface area contributed by atoms with Crippen molar-refractivity contribution in [3.8, 4) is 0 Å². The van der Waals surface area contributed by atoms with Crippen LogP contribution >= 0.6 is 0 Å². The zero-order valence-corrected chi connectivity index (χ0v) is 14.9. The minimum Gasteiger partial charge on any atom is -0.352 e. The monoisotopic (exact) mass is 342 g/mol. The van der Waals surface area contributed by atoms with E-state index in [1.165, 1.54) is 12.0 Å². The third-order valence-corrected chi connectivity index (χ3v) is 4.30. The highest BCUT2D eigenvalue weighted by atomic mass is 16.5. The van der Waals surface area contributed by atoms with Gasteiger partial charge in [-0.15, -0.1) is 0 Å². The van der Waals surface area contributed by atoms with Crippen LogP contribution in [-0.4, -0.2) is 47.2 Å². The first-order valence-electron chi connectivity index (χ1n) is 8.75. The number of rotatable bonds is 5. The van der Waals surface area contributed by atoms with Gasteiger partial charge in [-0.3, -0.25) is 9.89 Å². The molecule has 0 saturated carbocycles. The van der Waals surface area contributed by atoms with E-state index in [4.69, 9.17) is 4.52 Å². The van der Waals surface area contributed by atoms with Gasteiger partial charge in [-0.05, 0) is 24.9 Å². The van der Waals surface area contributed by atoms with E-state index in [9.17, 15) is 0 Å². The number of aliphatic imine (C=N–C) groups is 1.